The van der Waals surface area contributed by atoms with Crippen LogP contribution in [-0.4, -0.2) is 38.9 Å². The lowest BCUT2D eigenvalue weighted by Gasteiger charge is -2.31. The molecule has 0 radical (unpaired) electrons. The largest absolute Gasteiger partial charge is 0.490 e. The minimum absolute atomic E-state index is 0.0155. The van der Waals surface area contributed by atoms with Crippen molar-refractivity contribution in [3.8, 4) is 17.1 Å². The second kappa shape index (κ2) is 7.11. The number of benzene rings is 1. The molecule has 8 nitrogen and oxygen atoms in total. The first-order valence-corrected chi connectivity index (χ1v) is 10.3. The number of hydrogen-bond acceptors (Lipinski definition) is 7. The number of esters is 1. The molecule has 2 aliphatic heterocycles. The number of fused-ring (bicyclic) bond motifs is 5. The van der Waals surface area contributed by atoms with Gasteiger partial charge >= 0.3 is 5.97 Å². The summed E-state index contributed by atoms with van der Waals surface area (Å²) >= 11 is 0. The lowest BCUT2D eigenvalue weighted by atomic mass is 9.86. The molecule has 9 heteroatoms. The predicted octanol–water partition coefficient (Wildman–Crippen LogP) is 1.90. The Labute approximate surface area is 181 Å². The third kappa shape index (κ3) is 2.71. The summed E-state index contributed by atoms with van der Waals surface area (Å²) in [5, 5.41) is 20.8. The molecular formula is C23H21FN2O6. The fourth-order valence-corrected chi connectivity index (χ4v) is 4.49. The van der Waals surface area contributed by atoms with Crippen molar-refractivity contribution in [1.29, 1.82) is 0 Å². The van der Waals surface area contributed by atoms with Crippen LogP contribution in [0.2, 0.25) is 0 Å². The average molecular weight is 440 g/mol. The Hall–Kier alpha value is -3.30. The molecule has 0 amide bonds. The van der Waals surface area contributed by atoms with Gasteiger partial charge in [-0.3, -0.25) is 4.79 Å². The van der Waals surface area contributed by atoms with E-state index in [1.807, 2.05) is 0 Å². The quantitative estimate of drug-likeness (QED) is 0.466. The second-order valence-corrected chi connectivity index (χ2v) is 8.06. The summed E-state index contributed by atoms with van der Waals surface area (Å²) in [4.78, 5) is 30.2. The molecule has 2 aliphatic rings. The number of carbonyl (C=O) groups is 1. The monoisotopic (exact) mass is 440 g/mol. The number of aliphatic hydroxyl groups excluding tert-OH is 1. The van der Waals surface area contributed by atoms with Gasteiger partial charge in [-0.2, -0.15) is 0 Å². The van der Waals surface area contributed by atoms with Gasteiger partial charge in [0.05, 0.1) is 35.6 Å². The summed E-state index contributed by atoms with van der Waals surface area (Å²) in [5.74, 6) is -0.811. The van der Waals surface area contributed by atoms with Gasteiger partial charge in [-0.25, -0.2) is 14.2 Å². The third-order valence-corrected chi connectivity index (χ3v) is 6.25. The Bertz CT molecular complexity index is 1370. The number of nitrogens with zero attached hydrogens (tertiary/aromatic N) is 2. The van der Waals surface area contributed by atoms with Crippen molar-refractivity contribution in [3.63, 3.8) is 0 Å². The van der Waals surface area contributed by atoms with Crippen molar-refractivity contribution in [1.82, 2.24) is 9.55 Å². The molecule has 2 aromatic heterocycles. The molecule has 2 N–H and O–H groups in total. The molecular weight excluding hydrogens is 419 g/mol. The number of aromatic nitrogens is 2. The lowest BCUT2D eigenvalue weighted by molar-refractivity contribution is -0.172. The van der Waals surface area contributed by atoms with E-state index in [1.165, 1.54) is 10.6 Å². The van der Waals surface area contributed by atoms with Crippen LogP contribution in [-0.2, 0) is 28.3 Å². The number of aliphatic hydroxyl groups is 2. The van der Waals surface area contributed by atoms with Crippen molar-refractivity contribution in [3.05, 3.63) is 56.6 Å². The first-order chi connectivity index (χ1) is 15.3. The molecule has 0 saturated carbocycles. The minimum atomic E-state index is -1.93. The zero-order valence-electron chi connectivity index (χ0n) is 17.6. The molecule has 1 aromatic carbocycles. The van der Waals surface area contributed by atoms with Crippen LogP contribution >= 0.6 is 0 Å². The maximum Gasteiger partial charge on any atom is 0.343 e. The Balaban J connectivity index is 1.81. The Kier molecular flexibility index (Phi) is 4.58. The number of halogens is 1. The van der Waals surface area contributed by atoms with Gasteiger partial charge in [0.15, 0.2) is 5.60 Å². The fraction of sp³-hybridized carbons (Fsp3) is 0.348. The van der Waals surface area contributed by atoms with Gasteiger partial charge in [-0.05, 0) is 31.0 Å². The van der Waals surface area contributed by atoms with Gasteiger partial charge in [-0.15, -0.1) is 0 Å². The van der Waals surface area contributed by atoms with Gasteiger partial charge in [0.1, 0.15) is 24.8 Å². The van der Waals surface area contributed by atoms with E-state index in [0.717, 1.165) is 0 Å². The van der Waals surface area contributed by atoms with Crippen molar-refractivity contribution < 1.29 is 28.9 Å². The first kappa shape index (κ1) is 20.6. The topological polar surface area (TPSA) is 111 Å². The highest BCUT2D eigenvalue weighted by atomic mass is 19.1. The lowest BCUT2D eigenvalue weighted by Crippen LogP contribution is -2.44. The summed E-state index contributed by atoms with van der Waals surface area (Å²) in [5.41, 5.74) is 0.279. The van der Waals surface area contributed by atoms with E-state index in [0.29, 0.717) is 39.2 Å². The van der Waals surface area contributed by atoms with Gasteiger partial charge < -0.3 is 24.3 Å². The highest BCUT2D eigenvalue weighted by molar-refractivity contribution is 5.92. The Morgan fingerprint density at radius 1 is 1.28 bits per heavy atom. The number of cyclic esters (lactones) is 1. The number of ether oxygens (including phenoxy) is 2. The summed E-state index contributed by atoms with van der Waals surface area (Å²) in [6.45, 7) is 2.99. The molecule has 32 heavy (non-hydrogen) atoms. The highest BCUT2D eigenvalue weighted by Gasteiger charge is 2.45. The van der Waals surface area contributed by atoms with Crippen LogP contribution in [0.4, 0.5) is 4.39 Å². The van der Waals surface area contributed by atoms with Crippen molar-refractivity contribution in [2.24, 2.45) is 0 Å². The summed E-state index contributed by atoms with van der Waals surface area (Å²) in [6, 6.07) is 4.52. The number of pyridine rings is 2. The van der Waals surface area contributed by atoms with E-state index in [-0.39, 0.29) is 43.9 Å². The zero-order valence-corrected chi connectivity index (χ0v) is 17.6. The molecule has 5 rings (SSSR count). The molecule has 166 valence electrons. The van der Waals surface area contributed by atoms with Crippen LogP contribution in [0.5, 0.6) is 5.75 Å². The van der Waals surface area contributed by atoms with E-state index in [9.17, 15) is 24.2 Å². The summed E-state index contributed by atoms with van der Waals surface area (Å²) in [7, 11) is 0. The van der Waals surface area contributed by atoms with E-state index in [4.69, 9.17) is 9.47 Å². The fourth-order valence-electron chi connectivity index (χ4n) is 4.49. The van der Waals surface area contributed by atoms with Gasteiger partial charge in [0.25, 0.3) is 5.56 Å². The maximum absolute atomic E-state index is 14.3. The first-order valence-electron chi connectivity index (χ1n) is 10.3. The molecule has 0 bridgehead atoms. The minimum Gasteiger partial charge on any atom is -0.490 e. The maximum atomic E-state index is 14.3. The van der Waals surface area contributed by atoms with E-state index in [2.05, 4.69) is 4.98 Å². The van der Waals surface area contributed by atoms with Crippen molar-refractivity contribution in [2.45, 2.75) is 39.0 Å². The van der Waals surface area contributed by atoms with E-state index >= 15 is 0 Å². The van der Waals surface area contributed by atoms with E-state index < -0.39 is 22.9 Å². The number of carbonyl (C=O) groups excluding carboxylic acids is 1. The standard InChI is InChI=1S/C23H21FN2O6/c1-3-23(30)15-7-18-19-13(9-26(18)21(28)14(15)10-32-22(23)29)20(31-5-4-27)12-6-11(2)16(24)8-17(12)25-19/h6-8,27,30H,3-5,9-10H2,1-2H3/t23-/m0/s1. The van der Waals surface area contributed by atoms with Crippen LogP contribution in [0.25, 0.3) is 22.3 Å². The molecule has 0 saturated heterocycles. The second-order valence-electron chi connectivity index (χ2n) is 8.06. The number of hydrogen-bond donors (Lipinski definition) is 2. The normalized spacial score (nSPS) is 18.8. The molecule has 0 spiro atoms. The average Bonchev–Trinajstić information content (AvgIpc) is 3.14. The van der Waals surface area contributed by atoms with Crippen LogP contribution in [0, 0.1) is 12.7 Å². The van der Waals surface area contributed by atoms with Crippen LogP contribution in [0.3, 0.4) is 0 Å². The molecule has 0 aliphatic carbocycles. The van der Waals surface area contributed by atoms with Crippen molar-refractivity contribution >= 4 is 16.9 Å². The van der Waals surface area contributed by atoms with Gasteiger partial charge in [0.2, 0.25) is 0 Å². The third-order valence-electron chi connectivity index (χ3n) is 6.25. The molecule has 3 aromatic rings. The van der Waals surface area contributed by atoms with Crippen LogP contribution in [0.1, 0.15) is 35.6 Å². The van der Waals surface area contributed by atoms with Crippen LogP contribution < -0.4 is 10.3 Å². The number of aryl methyl sites for hydroxylation is 1. The molecule has 4 heterocycles. The SMILES string of the molecule is CC[C@@]1(O)C(=O)OCc2c1cc1n(c2=O)Cc2c-1nc1cc(F)c(C)cc1c2OCCO. The Morgan fingerprint density at radius 2 is 2.06 bits per heavy atom. The number of rotatable bonds is 4. The Morgan fingerprint density at radius 3 is 2.78 bits per heavy atom. The predicted molar refractivity (Wildman–Crippen MR) is 112 cm³/mol. The molecule has 0 unspecified atom stereocenters. The zero-order chi connectivity index (χ0) is 22.8. The van der Waals surface area contributed by atoms with Gasteiger partial charge in [-0.1, -0.05) is 6.92 Å². The van der Waals surface area contributed by atoms with Crippen LogP contribution in [0.15, 0.2) is 23.0 Å². The van der Waals surface area contributed by atoms with E-state index in [1.54, 1.807) is 26.0 Å². The van der Waals surface area contributed by atoms with Gasteiger partial charge in [0, 0.05) is 22.6 Å². The van der Waals surface area contributed by atoms with Crippen molar-refractivity contribution in [2.75, 3.05) is 13.2 Å². The summed E-state index contributed by atoms with van der Waals surface area (Å²) in [6.07, 6.45) is 0.0368. The molecule has 0 fully saturated rings. The highest BCUT2D eigenvalue weighted by Crippen LogP contribution is 2.43. The smallest absolute Gasteiger partial charge is 0.343 e. The summed E-state index contributed by atoms with van der Waals surface area (Å²) < 4.78 is 26.7. The molecule has 1 atom stereocenters.